The second kappa shape index (κ2) is 9.05. The molecule has 0 saturated carbocycles. The van der Waals surface area contributed by atoms with E-state index >= 15 is 0 Å². The van der Waals surface area contributed by atoms with E-state index in [-0.39, 0.29) is 5.91 Å². The van der Waals surface area contributed by atoms with Gasteiger partial charge in [0.15, 0.2) is 0 Å². The molecule has 4 nitrogen and oxygen atoms in total. The van der Waals surface area contributed by atoms with Gasteiger partial charge in [0.2, 0.25) is 0 Å². The Bertz CT molecular complexity index is 1120. The molecule has 3 aromatic carbocycles. The number of carbonyl (C=O) groups excluding carboxylic acids is 1. The number of aryl methyl sites for hydroxylation is 2. The lowest BCUT2D eigenvalue weighted by atomic mass is 10.1. The molecule has 4 aromatic rings. The third-order valence-electron chi connectivity index (χ3n) is 4.95. The predicted molar refractivity (Wildman–Crippen MR) is 120 cm³/mol. The van der Waals surface area contributed by atoms with Crippen LogP contribution in [-0.4, -0.2) is 22.0 Å². The molecule has 0 spiro atoms. The number of benzene rings is 3. The molecular formula is C24H22BrN3O. The fraction of sp³-hybridized carbons (Fsp3) is 0.167. The molecule has 0 unspecified atom stereocenters. The molecule has 0 bridgehead atoms. The fourth-order valence-corrected chi connectivity index (χ4v) is 3.95. The Hall–Kier alpha value is -2.92. The molecule has 0 aliphatic rings. The summed E-state index contributed by atoms with van der Waals surface area (Å²) >= 11 is 3.44. The van der Waals surface area contributed by atoms with Crippen molar-refractivity contribution in [2.45, 2.75) is 19.4 Å². The highest BCUT2D eigenvalue weighted by Gasteiger charge is 2.12. The Morgan fingerprint density at radius 2 is 1.62 bits per heavy atom. The summed E-state index contributed by atoms with van der Waals surface area (Å²) in [5, 5.41) is 3.03. The van der Waals surface area contributed by atoms with Gasteiger partial charge in [-0.25, -0.2) is 4.98 Å². The maximum Gasteiger partial charge on any atom is 0.252 e. The van der Waals surface area contributed by atoms with E-state index < -0.39 is 0 Å². The number of amides is 1. The van der Waals surface area contributed by atoms with Gasteiger partial charge in [-0.2, -0.15) is 0 Å². The number of hydrogen-bond donors (Lipinski definition) is 1. The molecule has 4 rings (SSSR count). The van der Waals surface area contributed by atoms with Gasteiger partial charge < -0.3 is 9.88 Å². The molecule has 0 fully saturated rings. The Kier molecular flexibility index (Phi) is 6.06. The van der Waals surface area contributed by atoms with Crippen molar-refractivity contribution in [3.05, 3.63) is 100 Å². The fourth-order valence-electron chi connectivity index (χ4n) is 3.49. The first-order valence-corrected chi connectivity index (χ1v) is 10.5. The number of imidazole rings is 1. The third kappa shape index (κ3) is 4.57. The Labute approximate surface area is 178 Å². The molecule has 0 saturated heterocycles. The highest BCUT2D eigenvalue weighted by Crippen LogP contribution is 2.18. The zero-order valence-electron chi connectivity index (χ0n) is 16.0. The van der Waals surface area contributed by atoms with E-state index in [0.29, 0.717) is 18.7 Å². The largest absolute Gasteiger partial charge is 0.350 e. The van der Waals surface area contributed by atoms with E-state index in [0.717, 1.165) is 34.2 Å². The van der Waals surface area contributed by atoms with Crippen molar-refractivity contribution in [2.75, 3.05) is 6.54 Å². The molecule has 1 amide bonds. The molecule has 5 heteroatoms. The van der Waals surface area contributed by atoms with Gasteiger partial charge in [0.25, 0.3) is 5.91 Å². The van der Waals surface area contributed by atoms with Gasteiger partial charge in [-0.1, -0.05) is 54.6 Å². The standard InChI is InChI=1S/C24H22BrN3O/c25-20-11-5-4-10-19(20)24(29)26-16-17-28-22-13-7-6-12-21(22)27-23(28)15-14-18-8-2-1-3-9-18/h1-13H,14-17H2,(H,26,29). The molecule has 0 atom stereocenters. The van der Waals surface area contributed by atoms with Crippen LogP contribution in [0, 0.1) is 0 Å². The zero-order chi connectivity index (χ0) is 20.1. The van der Waals surface area contributed by atoms with Crippen molar-refractivity contribution in [1.82, 2.24) is 14.9 Å². The van der Waals surface area contributed by atoms with Crippen molar-refractivity contribution in [3.63, 3.8) is 0 Å². The smallest absolute Gasteiger partial charge is 0.252 e. The topological polar surface area (TPSA) is 46.9 Å². The number of nitrogens with one attached hydrogen (secondary N) is 1. The van der Waals surface area contributed by atoms with Gasteiger partial charge in [-0.15, -0.1) is 0 Å². The number of nitrogens with zero attached hydrogens (tertiary/aromatic N) is 2. The van der Waals surface area contributed by atoms with Crippen LogP contribution < -0.4 is 5.32 Å². The molecule has 29 heavy (non-hydrogen) atoms. The van der Waals surface area contributed by atoms with Crippen molar-refractivity contribution < 1.29 is 4.79 Å². The van der Waals surface area contributed by atoms with E-state index in [2.05, 4.69) is 56.1 Å². The number of rotatable bonds is 7. The second-order valence-electron chi connectivity index (χ2n) is 6.89. The van der Waals surface area contributed by atoms with Crippen LogP contribution in [0.4, 0.5) is 0 Å². The summed E-state index contributed by atoms with van der Waals surface area (Å²) in [4.78, 5) is 17.3. The minimum atomic E-state index is -0.0762. The molecule has 1 aromatic heterocycles. The van der Waals surface area contributed by atoms with Crippen LogP contribution in [-0.2, 0) is 19.4 Å². The van der Waals surface area contributed by atoms with Crippen LogP contribution in [0.2, 0.25) is 0 Å². The van der Waals surface area contributed by atoms with Crippen LogP contribution >= 0.6 is 15.9 Å². The van der Waals surface area contributed by atoms with E-state index in [1.54, 1.807) is 0 Å². The van der Waals surface area contributed by atoms with Crippen LogP contribution in [0.25, 0.3) is 11.0 Å². The van der Waals surface area contributed by atoms with E-state index in [1.165, 1.54) is 5.56 Å². The van der Waals surface area contributed by atoms with Crippen molar-refractivity contribution >= 4 is 32.9 Å². The highest BCUT2D eigenvalue weighted by molar-refractivity contribution is 9.10. The minimum absolute atomic E-state index is 0.0762. The summed E-state index contributed by atoms with van der Waals surface area (Å²) in [7, 11) is 0. The number of aromatic nitrogens is 2. The lowest BCUT2D eigenvalue weighted by molar-refractivity contribution is 0.0951. The minimum Gasteiger partial charge on any atom is -0.350 e. The molecule has 0 radical (unpaired) electrons. The van der Waals surface area contributed by atoms with Crippen LogP contribution in [0.5, 0.6) is 0 Å². The van der Waals surface area contributed by atoms with E-state index in [9.17, 15) is 4.79 Å². The molecular weight excluding hydrogens is 426 g/mol. The van der Waals surface area contributed by atoms with Gasteiger partial charge in [0.05, 0.1) is 16.6 Å². The van der Waals surface area contributed by atoms with Gasteiger partial charge in [0.1, 0.15) is 5.82 Å². The number of hydrogen-bond acceptors (Lipinski definition) is 2. The Morgan fingerprint density at radius 1 is 0.897 bits per heavy atom. The zero-order valence-corrected chi connectivity index (χ0v) is 17.6. The lowest BCUT2D eigenvalue weighted by Gasteiger charge is -2.11. The maximum absolute atomic E-state index is 12.5. The summed E-state index contributed by atoms with van der Waals surface area (Å²) in [6.45, 7) is 1.22. The van der Waals surface area contributed by atoms with Gasteiger partial charge >= 0.3 is 0 Å². The van der Waals surface area contributed by atoms with Crippen molar-refractivity contribution in [1.29, 1.82) is 0 Å². The highest BCUT2D eigenvalue weighted by atomic mass is 79.9. The maximum atomic E-state index is 12.5. The van der Waals surface area contributed by atoms with Gasteiger partial charge in [-0.05, 0) is 52.2 Å². The Balaban J connectivity index is 1.48. The average Bonchev–Trinajstić information content (AvgIpc) is 3.11. The first kappa shape index (κ1) is 19.4. The number of carbonyl (C=O) groups is 1. The van der Waals surface area contributed by atoms with Crippen LogP contribution in [0.15, 0.2) is 83.3 Å². The summed E-state index contributed by atoms with van der Waals surface area (Å²) in [6, 6.07) is 26.1. The molecule has 0 aliphatic carbocycles. The van der Waals surface area contributed by atoms with Crippen LogP contribution in [0.1, 0.15) is 21.7 Å². The number of para-hydroxylation sites is 2. The Morgan fingerprint density at radius 3 is 2.45 bits per heavy atom. The van der Waals surface area contributed by atoms with Gasteiger partial charge in [0, 0.05) is 24.0 Å². The van der Waals surface area contributed by atoms with Crippen LogP contribution in [0.3, 0.4) is 0 Å². The lowest BCUT2D eigenvalue weighted by Crippen LogP contribution is -2.28. The summed E-state index contributed by atoms with van der Waals surface area (Å²) < 4.78 is 3.02. The number of fused-ring (bicyclic) bond motifs is 1. The summed E-state index contributed by atoms with van der Waals surface area (Å²) in [5.41, 5.74) is 4.04. The quantitative estimate of drug-likeness (QED) is 0.432. The van der Waals surface area contributed by atoms with Crippen molar-refractivity contribution in [2.24, 2.45) is 0 Å². The molecule has 146 valence electrons. The summed E-state index contributed by atoms with van der Waals surface area (Å²) in [6.07, 6.45) is 1.80. The van der Waals surface area contributed by atoms with E-state index in [4.69, 9.17) is 4.98 Å². The predicted octanol–water partition coefficient (Wildman–Crippen LogP) is 5.01. The number of halogens is 1. The van der Waals surface area contributed by atoms with Crippen molar-refractivity contribution in [3.8, 4) is 0 Å². The average molecular weight is 448 g/mol. The third-order valence-corrected chi connectivity index (χ3v) is 5.64. The van der Waals surface area contributed by atoms with E-state index in [1.807, 2.05) is 48.5 Å². The monoisotopic (exact) mass is 447 g/mol. The molecule has 1 N–H and O–H groups in total. The first-order valence-electron chi connectivity index (χ1n) is 9.73. The molecule has 1 heterocycles. The summed E-state index contributed by atoms with van der Waals surface area (Å²) in [5.74, 6) is 0.970. The second-order valence-corrected chi connectivity index (χ2v) is 7.74. The molecule has 0 aliphatic heterocycles. The SMILES string of the molecule is O=C(NCCn1c(CCc2ccccc2)nc2ccccc21)c1ccccc1Br. The first-order chi connectivity index (χ1) is 14.2. The normalized spacial score (nSPS) is 10.9. The van der Waals surface area contributed by atoms with Gasteiger partial charge in [-0.3, -0.25) is 4.79 Å².